The van der Waals surface area contributed by atoms with Crippen LogP contribution in [0.1, 0.15) is 23.6 Å². The van der Waals surface area contributed by atoms with Gasteiger partial charge in [0.25, 0.3) is 0 Å². The quantitative estimate of drug-likeness (QED) is 0.619. The smallest absolute Gasteiger partial charge is 0.123 e. The molecule has 1 heterocycles. The molecule has 29 heavy (non-hydrogen) atoms. The summed E-state index contributed by atoms with van der Waals surface area (Å²) in [4.78, 5) is 2.22. The Hall–Kier alpha value is -2.85. The molecule has 0 aromatic heterocycles. The minimum absolute atomic E-state index is 0.185. The van der Waals surface area contributed by atoms with Gasteiger partial charge in [-0.05, 0) is 72.9 Å². The van der Waals surface area contributed by atoms with E-state index in [4.69, 9.17) is 0 Å². The Morgan fingerprint density at radius 3 is 2.34 bits per heavy atom. The van der Waals surface area contributed by atoms with Crippen LogP contribution in [0.25, 0.3) is 0 Å². The first-order chi connectivity index (χ1) is 14.1. The van der Waals surface area contributed by atoms with Crippen LogP contribution in [0.2, 0.25) is 0 Å². The van der Waals surface area contributed by atoms with Crippen LogP contribution >= 0.6 is 0 Å². The number of nitrogens with one attached hydrogen (secondary N) is 1. The SMILES string of the molecule is CCN(C)c1ccc(NN2Cc3ccccc3CC2Cc2ccc(F)cc2)cc1. The first-order valence-corrected chi connectivity index (χ1v) is 10.3. The van der Waals surface area contributed by atoms with Gasteiger partial charge in [-0.15, -0.1) is 0 Å². The molecule has 1 unspecified atom stereocenters. The van der Waals surface area contributed by atoms with Crippen molar-refractivity contribution in [2.75, 3.05) is 23.9 Å². The van der Waals surface area contributed by atoms with E-state index in [1.54, 1.807) is 12.1 Å². The standard InChI is InChI=1S/C25H28FN3/c1-3-28(2)24-14-12-23(13-15-24)27-29-18-21-7-5-4-6-20(21)17-25(29)16-19-8-10-22(26)11-9-19/h4-15,25,27H,3,16-18H2,1-2H3. The Morgan fingerprint density at radius 2 is 1.66 bits per heavy atom. The summed E-state index contributed by atoms with van der Waals surface area (Å²) in [5.41, 5.74) is 9.84. The van der Waals surface area contributed by atoms with Crippen molar-refractivity contribution in [2.24, 2.45) is 0 Å². The molecule has 0 radical (unpaired) electrons. The van der Waals surface area contributed by atoms with Crippen molar-refractivity contribution < 1.29 is 4.39 Å². The highest BCUT2D eigenvalue weighted by atomic mass is 19.1. The average molecular weight is 390 g/mol. The lowest BCUT2D eigenvalue weighted by atomic mass is 9.91. The molecular formula is C25H28FN3. The van der Waals surface area contributed by atoms with E-state index in [9.17, 15) is 4.39 Å². The van der Waals surface area contributed by atoms with E-state index < -0.39 is 0 Å². The lowest BCUT2D eigenvalue weighted by molar-refractivity contribution is 0.211. The van der Waals surface area contributed by atoms with Gasteiger partial charge in [0.1, 0.15) is 5.82 Å². The van der Waals surface area contributed by atoms with Crippen molar-refractivity contribution in [3.8, 4) is 0 Å². The number of benzene rings is 3. The fraction of sp³-hybridized carbons (Fsp3) is 0.280. The molecule has 0 saturated carbocycles. The predicted octanol–water partition coefficient (Wildman–Crippen LogP) is 5.28. The van der Waals surface area contributed by atoms with Gasteiger partial charge in [-0.25, -0.2) is 9.40 Å². The maximum Gasteiger partial charge on any atom is 0.123 e. The number of hydrogen-bond acceptors (Lipinski definition) is 3. The third-order valence-corrected chi connectivity index (χ3v) is 5.80. The summed E-state index contributed by atoms with van der Waals surface area (Å²) in [6.07, 6.45) is 1.84. The molecule has 3 nitrogen and oxygen atoms in total. The molecule has 0 aliphatic carbocycles. The highest BCUT2D eigenvalue weighted by Gasteiger charge is 2.26. The van der Waals surface area contributed by atoms with Crippen molar-refractivity contribution >= 4 is 11.4 Å². The molecule has 0 bridgehead atoms. The van der Waals surface area contributed by atoms with Gasteiger partial charge in [0, 0.05) is 37.6 Å². The molecule has 4 rings (SSSR count). The van der Waals surface area contributed by atoms with Gasteiger partial charge in [-0.3, -0.25) is 0 Å². The van der Waals surface area contributed by atoms with Gasteiger partial charge in [-0.2, -0.15) is 0 Å². The molecule has 1 aliphatic rings. The number of fused-ring (bicyclic) bond motifs is 1. The van der Waals surface area contributed by atoms with Crippen molar-refractivity contribution in [3.05, 3.63) is 95.3 Å². The summed E-state index contributed by atoms with van der Waals surface area (Å²) in [5, 5.41) is 2.32. The summed E-state index contributed by atoms with van der Waals surface area (Å²) in [7, 11) is 2.10. The third-order valence-electron chi connectivity index (χ3n) is 5.80. The monoisotopic (exact) mass is 389 g/mol. The number of hydrogen-bond donors (Lipinski definition) is 1. The summed E-state index contributed by atoms with van der Waals surface area (Å²) in [5.74, 6) is -0.185. The van der Waals surface area contributed by atoms with Crippen LogP contribution in [-0.2, 0) is 19.4 Å². The number of rotatable bonds is 6. The highest BCUT2D eigenvalue weighted by Crippen LogP contribution is 2.27. The van der Waals surface area contributed by atoms with Gasteiger partial charge in [0.05, 0.1) is 0 Å². The van der Waals surface area contributed by atoms with Crippen molar-refractivity contribution in [2.45, 2.75) is 32.4 Å². The van der Waals surface area contributed by atoms with E-state index in [-0.39, 0.29) is 5.82 Å². The van der Waals surface area contributed by atoms with E-state index in [0.717, 1.165) is 37.2 Å². The second-order valence-corrected chi connectivity index (χ2v) is 7.76. The second-order valence-electron chi connectivity index (χ2n) is 7.76. The summed E-state index contributed by atoms with van der Waals surface area (Å²) >= 11 is 0. The van der Waals surface area contributed by atoms with Gasteiger partial charge >= 0.3 is 0 Å². The average Bonchev–Trinajstić information content (AvgIpc) is 2.75. The maximum absolute atomic E-state index is 13.3. The van der Waals surface area contributed by atoms with E-state index in [0.29, 0.717) is 6.04 Å². The van der Waals surface area contributed by atoms with Crippen molar-refractivity contribution in [1.29, 1.82) is 0 Å². The summed E-state index contributed by atoms with van der Waals surface area (Å²) < 4.78 is 13.3. The third kappa shape index (κ3) is 4.60. The van der Waals surface area contributed by atoms with E-state index in [1.807, 2.05) is 12.1 Å². The molecule has 0 saturated heterocycles. The fourth-order valence-electron chi connectivity index (χ4n) is 3.93. The highest BCUT2D eigenvalue weighted by molar-refractivity contribution is 5.54. The van der Waals surface area contributed by atoms with Crippen LogP contribution in [0.5, 0.6) is 0 Å². The Balaban J connectivity index is 1.55. The minimum Gasteiger partial charge on any atom is -0.375 e. The Labute approximate surface area is 172 Å². The lowest BCUT2D eigenvalue weighted by Gasteiger charge is -2.38. The zero-order valence-corrected chi connectivity index (χ0v) is 17.1. The topological polar surface area (TPSA) is 18.5 Å². The first kappa shape index (κ1) is 19.5. The van der Waals surface area contributed by atoms with E-state index in [2.05, 4.69) is 77.8 Å². The van der Waals surface area contributed by atoms with Gasteiger partial charge in [0.15, 0.2) is 0 Å². The zero-order valence-electron chi connectivity index (χ0n) is 17.1. The van der Waals surface area contributed by atoms with Crippen LogP contribution in [0.3, 0.4) is 0 Å². The van der Waals surface area contributed by atoms with Crippen LogP contribution in [0.15, 0.2) is 72.8 Å². The molecule has 150 valence electrons. The Morgan fingerprint density at radius 1 is 0.966 bits per heavy atom. The van der Waals surface area contributed by atoms with Crippen molar-refractivity contribution in [1.82, 2.24) is 5.01 Å². The molecule has 0 fully saturated rings. The van der Waals surface area contributed by atoms with E-state index in [1.165, 1.54) is 16.8 Å². The summed E-state index contributed by atoms with van der Waals surface area (Å²) in [6, 6.07) is 24.4. The van der Waals surface area contributed by atoms with Crippen LogP contribution in [0, 0.1) is 5.82 Å². The Bertz CT molecular complexity index is 937. The molecule has 4 heteroatoms. The number of halogens is 1. The molecule has 0 spiro atoms. The number of hydrazine groups is 1. The fourth-order valence-corrected chi connectivity index (χ4v) is 3.93. The van der Waals surface area contributed by atoms with E-state index >= 15 is 0 Å². The summed E-state index contributed by atoms with van der Waals surface area (Å²) in [6.45, 7) is 3.98. The van der Waals surface area contributed by atoms with Crippen LogP contribution in [0.4, 0.5) is 15.8 Å². The van der Waals surface area contributed by atoms with Crippen LogP contribution < -0.4 is 10.3 Å². The largest absolute Gasteiger partial charge is 0.375 e. The molecule has 1 atom stereocenters. The van der Waals surface area contributed by atoms with Gasteiger partial charge in [0.2, 0.25) is 0 Å². The lowest BCUT2D eigenvalue weighted by Crippen LogP contribution is -2.45. The van der Waals surface area contributed by atoms with Gasteiger partial charge in [-0.1, -0.05) is 36.4 Å². The second kappa shape index (κ2) is 8.66. The molecule has 1 N–H and O–H groups in total. The molecular weight excluding hydrogens is 361 g/mol. The number of nitrogens with zero attached hydrogens (tertiary/aromatic N) is 2. The maximum atomic E-state index is 13.3. The predicted molar refractivity (Wildman–Crippen MR) is 119 cm³/mol. The Kier molecular flexibility index (Phi) is 5.81. The van der Waals surface area contributed by atoms with Gasteiger partial charge < -0.3 is 10.3 Å². The van der Waals surface area contributed by atoms with Crippen LogP contribution in [-0.4, -0.2) is 24.6 Å². The first-order valence-electron chi connectivity index (χ1n) is 10.3. The minimum atomic E-state index is -0.185. The molecule has 1 aliphatic heterocycles. The molecule has 3 aromatic rings. The molecule has 0 amide bonds. The van der Waals surface area contributed by atoms with Crippen molar-refractivity contribution in [3.63, 3.8) is 0 Å². The molecule has 3 aromatic carbocycles. The number of anilines is 2. The zero-order chi connectivity index (χ0) is 20.2. The normalized spacial score (nSPS) is 16.3.